The van der Waals surface area contributed by atoms with Crippen LogP contribution in [-0.2, 0) is 19.2 Å². The molecular weight excluding hydrogens is 559 g/mol. The number of nitrogens with zero attached hydrogens (tertiary/aromatic N) is 5. The van der Waals surface area contributed by atoms with Gasteiger partial charge >= 0.3 is 5.97 Å². The van der Waals surface area contributed by atoms with Crippen molar-refractivity contribution >= 4 is 81.0 Å². The van der Waals surface area contributed by atoms with Gasteiger partial charge in [-0.25, -0.2) is 9.78 Å². The number of fused-ring (bicyclic) bond motifs is 2. The Morgan fingerprint density at radius 3 is 2.95 bits per heavy atom. The van der Waals surface area contributed by atoms with Gasteiger partial charge in [0.05, 0.1) is 10.6 Å². The number of β-lactam (4-membered cyclic amide) rings is 1. The number of hydrogen-bond donors (Lipinski definition) is 3. The highest BCUT2D eigenvalue weighted by atomic mass is 32.2. The first-order chi connectivity index (χ1) is 17.8. The highest BCUT2D eigenvalue weighted by molar-refractivity contribution is 8.19. The van der Waals surface area contributed by atoms with E-state index in [-0.39, 0.29) is 26.9 Å². The summed E-state index contributed by atoms with van der Waals surface area (Å²) in [5, 5.41) is 17.6. The van der Waals surface area contributed by atoms with E-state index in [2.05, 4.69) is 20.4 Å². The molecule has 1 aromatic heterocycles. The monoisotopic (exact) mass is 579 g/mol. The van der Waals surface area contributed by atoms with Crippen LogP contribution in [0.5, 0.6) is 0 Å². The van der Waals surface area contributed by atoms with Gasteiger partial charge in [-0.15, -0.1) is 34.9 Å². The zero-order valence-electron chi connectivity index (χ0n) is 19.5. The molecule has 2 amide bonds. The Labute approximate surface area is 228 Å². The first-order valence-corrected chi connectivity index (χ1v) is 14.6. The molecule has 0 saturated carbocycles. The first-order valence-electron chi connectivity index (χ1n) is 10.8. The zero-order chi connectivity index (χ0) is 26.3. The Kier molecular flexibility index (Phi) is 7.24. The van der Waals surface area contributed by atoms with Crippen LogP contribution < -0.4 is 11.1 Å². The molecule has 194 valence electrons. The van der Waals surface area contributed by atoms with Crippen molar-refractivity contribution in [2.45, 2.75) is 16.1 Å². The fourth-order valence-electron chi connectivity index (χ4n) is 3.95. The normalized spacial score (nSPS) is 24.8. The summed E-state index contributed by atoms with van der Waals surface area (Å²) in [6.45, 7) is 0. The van der Waals surface area contributed by atoms with E-state index < -0.39 is 29.2 Å². The van der Waals surface area contributed by atoms with Crippen LogP contribution in [0.25, 0.3) is 0 Å². The van der Waals surface area contributed by atoms with Gasteiger partial charge in [0, 0.05) is 36.3 Å². The van der Waals surface area contributed by atoms with Crippen molar-refractivity contribution < 1.29 is 24.3 Å². The molecule has 0 spiro atoms. The van der Waals surface area contributed by atoms with E-state index in [1.807, 2.05) is 30.4 Å². The number of aliphatic carboxylic acids is 1. The second-order valence-corrected chi connectivity index (χ2v) is 12.5. The number of thiazole rings is 1. The van der Waals surface area contributed by atoms with E-state index in [0.717, 1.165) is 22.0 Å². The number of nitrogens with one attached hydrogen (secondary N) is 1. The summed E-state index contributed by atoms with van der Waals surface area (Å²) in [6, 6.07) is -0.908. The van der Waals surface area contributed by atoms with Gasteiger partial charge in [0.2, 0.25) is 0 Å². The predicted octanol–water partition coefficient (Wildman–Crippen LogP) is 1.32. The summed E-state index contributed by atoms with van der Waals surface area (Å²) >= 11 is 5.68. The molecule has 16 heteroatoms. The smallest absolute Gasteiger partial charge is 0.352 e. The lowest BCUT2D eigenvalue weighted by Crippen LogP contribution is -2.71. The highest BCUT2D eigenvalue weighted by Gasteiger charge is 2.54. The number of oxime groups is 1. The van der Waals surface area contributed by atoms with Crippen LogP contribution in [0, 0.1) is 0 Å². The summed E-state index contributed by atoms with van der Waals surface area (Å²) < 4.78 is -0.0972. The maximum atomic E-state index is 13.0. The number of carbonyl (C=O) groups is 3. The van der Waals surface area contributed by atoms with Crippen molar-refractivity contribution in [2.24, 2.45) is 10.1 Å². The number of carboxylic acid groups (broad SMARTS) is 1. The lowest BCUT2D eigenvalue weighted by molar-refractivity contribution is -0.150. The molecule has 4 N–H and O–H groups in total. The van der Waals surface area contributed by atoms with Gasteiger partial charge in [0.15, 0.2) is 10.8 Å². The van der Waals surface area contributed by atoms with Gasteiger partial charge in [-0.2, -0.15) is 0 Å². The Hall–Kier alpha value is -2.95. The third-order valence-electron chi connectivity index (χ3n) is 5.61. The number of anilines is 1. The topological polar surface area (TPSA) is 163 Å². The summed E-state index contributed by atoms with van der Waals surface area (Å²) in [7, 11) is 3.23. The Bertz CT molecular complexity index is 1320. The molecule has 12 nitrogen and oxygen atoms in total. The molecule has 4 aliphatic heterocycles. The fraction of sp³-hybridized carbons (Fsp3) is 0.333. The number of allylic oxidation sites excluding steroid dienone is 2. The quantitative estimate of drug-likeness (QED) is 0.231. The van der Waals surface area contributed by atoms with Crippen LogP contribution >= 0.6 is 46.6 Å². The van der Waals surface area contributed by atoms with Crippen LogP contribution in [0.2, 0.25) is 0 Å². The number of carbonyl (C=O) groups excluding carboxylic acids is 2. The van der Waals surface area contributed by atoms with Crippen LogP contribution in [-0.4, -0.2) is 90.9 Å². The molecule has 0 radical (unpaired) electrons. The zero-order valence-corrected chi connectivity index (χ0v) is 22.7. The SMILES string of the molecule is CO/N=C(\C(=O)NC1C(=O)N2C(C(=O)O)=C(CSC3N=C4C=CN(C)C=C4S3)CS[C@H]12)c1csc(N)n1. The molecule has 1 aromatic rings. The number of nitrogen functional groups attached to an aromatic ring is 1. The number of rotatable bonds is 8. The van der Waals surface area contributed by atoms with Crippen LogP contribution in [0.4, 0.5) is 5.13 Å². The van der Waals surface area contributed by atoms with Crippen molar-refractivity contribution in [1.29, 1.82) is 0 Å². The summed E-state index contributed by atoms with van der Waals surface area (Å²) in [4.78, 5) is 55.9. The molecule has 5 rings (SSSR count). The van der Waals surface area contributed by atoms with Gasteiger partial charge in [-0.05, 0) is 11.6 Å². The van der Waals surface area contributed by atoms with Crippen LogP contribution in [0.1, 0.15) is 5.69 Å². The van der Waals surface area contributed by atoms with E-state index in [1.165, 1.54) is 35.5 Å². The number of nitrogens with two attached hydrogens (primary N) is 1. The van der Waals surface area contributed by atoms with Crippen molar-refractivity contribution in [1.82, 2.24) is 20.1 Å². The molecule has 1 saturated heterocycles. The summed E-state index contributed by atoms with van der Waals surface area (Å²) in [5.74, 6) is -1.51. The standard InChI is InChI=1S/C21H21N7O5S4/c1-27-4-3-10-12(5-27)37-21(24-10)36-7-9-6-34-18-14(17(30)28(18)15(9)19(31)32)25-16(29)13(26-33-2)11-8-35-20(22)23-11/h3-5,8,14,18,21H,6-7H2,1-2H3,(H2,22,23)(H,25,29)(H,31,32)/b26-13-/t14?,18-,21?/m1/s1. The van der Waals surface area contributed by atoms with E-state index in [4.69, 9.17) is 10.6 Å². The van der Waals surface area contributed by atoms with Crippen molar-refractivity contribution in [2.75, 3.05) is 31.4 Å². The molecule has 1 fully saturated rings. The van der Waals surface area contributed by atoms with Crippen molar-refractivity contribution in [3.8, 4) is 0 Å². The molecule has 4 aliphatic rings. The number of thioether (sulfide) groups is 3. The lowest BCUT2D eigenvalue weighted by Gasteiger charge is -2.49. The Balaban J connectivity index is 1.27. The van der Waals surface area contributed by atoms with E-state index in [0.29, 0.717) is 17.1 Å². The molecule has 3 atom stereocenters. The largest absolute Gasteiger partial charge is 0.477 e. The van der Waals surface area contributed by atoms with Crippen molar-refractivity contribution in [3.63, 3.8) is 0 Å². The van der Waals surface area contributed by atoms with Gasteiger partial charge in [-0.3, -0.25) is 19.5 Å². The number of aromatic nitrogens is 1. The van der Waals surface area contributed by atoms with Gasteiger partial charge in [-0.1, -0.05) is 16.9 Å². The Morgan fingerprint density at radius 2 is 2.24 bits per heavy atom. The molecule has 5 heterocycles. The second kappa shape index (κ2) is 10.4. The third-order valence-corrected chi connectivity index (χ3v) is 10.1. The summed E-state index contributed by atoms with van der Waals surface area (Å²) in [5.41, 5.74) is 7.28. The number of amides is 2. The minimum atomic E-state index is -1.18. The molecule has 0 bridgehead atoms. The van der Waals surface area contributed by atoms with Gasteiger partial charge in [0.1, 0.15) is 34.6 Å². The van der Waals surface area contributed by atoms with Crippen LogP contribution in [0.3, 0.4) is 0 Å². The molecule has 37 heavy (non-hydrogen) atoms. The second-order valence-electron chi connectivity index (χ2n) is 8.04. The Morgan fingerprint density at radius 1 is 1.43 bits per heavy atom. The molecule has 0 aliphatic carbocycles. The van der Waals surface area contributed by atoms with Crippen LogP contribution in [0.15, 0.2) is 50.2 Å². The third kappa shape index (κ3) is 4.97. The average molecular weight is 580 g/mol. The van der Waals surface area contributed by atoms with E-state index in [1.54, 1.807) is 17.1 Å². The van der Waals surface area contributed by atoms with Crippen molar-refractivity contribution in [3.05, 3.63) is 45.7 Å². The van der Waals surface area contributed by atoms with Gasteiger partial charge < -0.3 is 25.9 Å². The number of carboxylic acids is 1. The maximum absolute atomic E-state index is 13.0. The average Bonchev–Trinajstić information content (AvgIpc) is 3.48. The lowest BCUT2D eigenvalue weighted by atomic mass is 10.0. The number of aliphatic imine (C=N–C) groups is 1. The predicted molar refractivity (Wildman–Crippen MR) is 146 cm³/mol. The van der Waals surface area contributed by atoms with E-state index >= 15 is 0 Å². The highest BCUT2D eigenvalue weighted by Crippen LogP contribution is 2.44. The minimum absolute atomic E-state index is 0.0308. The molecule has 0 aromatic carbocycles. The maximum Gasteiger partial charge on any atom is 0.352 e. The fourth-order valence-corrected chi connectivity index (χ4v) is 8.38. The number of hydrogen-bond acceptors (Lipinski definition) is 13. The molecule has 2 unspecified atom stereocenters. The first kappa shape index (κ1) is 25.7. The van der Waals surface area contributed by atoms with E-state index in [9.17, 15) is 19.5 Å². The van der Waals surface area contributed by atoms with Gasteiger partial charge in [0.25, 0.3) is 11.8 Å². The summed E-state index contributed by atoms with van der Waals surface area (Å²) in [6.07, 6.45) is 5.89. The molecular formula is C21H21N7O5S4. The minimum Gasteiger partial charge on any atom is -0.477 e.